The van der Waals surface area contributed by atoms with Gasteiger partial charge in [-0.25, -0.2) is 0 Å². The fourth-order valence-corrected chi connectivity index (χ4v) is 2.12. The van der Waals surface area contributed by atoms with Gasteiger partial charge in [-0.1, -0.05) is 55.5 Å². The highest BCUT2D eigenvalue weighted by atomic mass is 14.6. The van der Waals surface area contributed by atoms with Gasteiger partial charge in [0, 0.05) is 6.04 Å². The number of rotatable bonds is 3. The van der Waals surface area contributed by atoms with E-state index in [-0.39, 0.29) is 6.04 Å². The zero-order chi connectivity index (χ0) is 12.3. The van der Waals surface area contributed by atoms with Crippen LogP contribution in [0.3, 0.4) is 0 Å². The summed E-state index contributed by atoms with van der Waals surface area (Å²) in [4.78, 5) is 0. The second-order valence-corrected chi connectivity index (χ2v) is 4.43. The molecule has 0 saturated carbocycles. The Balaban J connectivity index is 2.52. The van der Waals surface area contributed by atoms with E-state index in [1.165, 1.54) is 22.3 Å². The first-order chi connectivity index (χ1) is 8.22. The number of aryl methyl sites for hydroxylation is 1. The van der Waals surface area contributed by atoms with Crippen LogP contribution in [0, 0.1) is 0 Å². The summed E-state index contributed by atoms with van der Waals surface area (Å²) in [6.07, 6.45) is 1.06. The normalized spacial score (nSPS) is 12.4. The summed E-state index contributed by atoms with van der Waals surface area (Å²) < 4.78 is 0. The van der Waals surface area contributed by atoms with Gasteiger partial charge in [-0.15, -0.1) is 0 Å². The van der Waals surface area contributed by atoms with Crippen molar-refractivity contribution in [2.75, 3.05) is 0 Å². The topological polar surface area (TPSA) is 26.0 Å². The molecule has 17 heavy (non-hydrogen) atoms. The second-order valence-electron chi connectivity index (χ2n) is 4.43. The van der Waals surface area contributed by atoms with Crippen molar-refractivity contribution < 1.29 is 0 Å². The van der Waals surface area contributed by atoms with Crippen LogP contribution in [0.4, 0.5) is 0 Å². The van der Waals surface area contributed by atoms with Gasteiger partial charge in [0.15, 0.2) is 0 Å². The lowest BCUT2D eigenvalue weighted by molar-refractivity contribution is 0.820. The molecule has 2 rings (SSSR count). The molecule has 2 aromatic carbocycles. The number of hydrogen-bond donors (Lipinski definition) is 1. The quantitative estimate of drug-likeness (QED) is 0.841. The minimum absolute atomic E-state index is 0.0662. The molecule has 0 heterocycles. The Labute approximate surface area is 103 Å². The molecule has 0 aliphatic rings. The minimum atomic E-state index is 0.0662. The average molecular weight is 225 g/mol. The molecule has 88 valence electrons. The molecular weight excluding hydrogens is 206 g/mol. The van der Waals surface area contributed by atoms with E-state index in [0.29, 0.717) is 0 Å². The van der Waals surface area contributed by atoms with Crippen LogP contribution in [0.15, 0.2) is 48.5 Å². The summed E-state index contributed by atoms with van der Waals surface area (Å²) in [5.41, 5.74) is 11.1. The molecule has 0 bridgehead atoms. The van der Waals surface area contributed by atoms with Crippen LogP contribution >= 0.6 is 0 Å². The van der Waals surface area contributed by atoms with E-state index in [1.54, 1.807) is 0 Å². The van der Waals surface area contributed by atoms with Gasteiger partial charge in [0.25, 0.3) is 0 Å². The van der Waals surface area contributed by atoms with Gasteiger partial charge in [0.1, 0.15) is 0 Å². The van der Waals surface area contributed by atoms with Gasteiger partial charge in [-0.3, -0.25) is 0 Å². The molecule has 1 nitrogen and oxygen atoms in total. The van der Waals surface area contributed by atoms with Crippen molar-refractivity contribution in [3.63, 3.8) is 0 Å². The summed E-state index contributed by atoms with van der Waals surface area (Å²) >= 11 is 0. The van der Waals surface area contributed by atoms with E-state index in [2.05, 4.69) is 49.4 Å². The maximum Gasteiger partial charge on any atom is 0.0272 e. The summed E-state index contributed by atoms with van der Waals surface area (Å²) in [5.74, 6) is 0. The van der Waals surface area contributed by atoms with E-state index >= 15 is 0 Å². The molecule has 0 radical (unpaired) electrons. The molecule has 1 unspecified atom stereocenters. The van der Waals surface area contributed by atoms with Crippen molar-refractivity contribution in [1.82, 2.24) is 0 Å². The highest BCUT2D eigenvalue weighted by Crippen LogP contribution is 2.27. The van der Waals surface area contributed by atoms with Crippen LogP contribution in [-0.4, -0.2) is 0 Å². The Bertz CT molecular complexity index is 500. The molecule has 2 aromatic rings. The van der Waals surface area contributed by atoms with E-state index in [9.17, 15) is 0 Å². The number of benzene rings is 2. The van der Waals surface area contributed by atoms with Crippen molar-refractivity contribution in [1.29, 1.82) is 0 Å². The third kappa shape index (κ3) is 2.56. The third-order valence-corrected chi connectivity index (χ3v) is 3.10. The van der Waals surface area contributed by atoms with Gasteiger partial charge < -0.3 is 5.73 Å². The van der Waals surface area contributed by atoms with Crippen molar-refractivity contribution >= 4 is 0 Å². The summed E-state index contributed by atoms with van der Waals surface area (Å²) in [5, 5.41) is 0. The largest absolute Gasteiger partial charge is 0.324 e. The first-order valence-electron chi connectivity index (χ1n) is 6.16. The Kier molecular flexibility index (Phi) is 3.60. The Morgan fingerprint density at radius 3 is 2.53 bits per heavy atom. The summed E-state index contributed by atoms with van der Waals surface area (Å²) in [6, 6.07) is 17.1. The first kappa shape index (κ1) is 11.9. The van der Waals surface area contributed by atoms with Crippen molar-refractivity contribution in [2.24, 2.45) is 5.73 Å². The monoisotopic (exact) mass is 225 g/mol. The third-order valence-electron chi connectivity index (χ3n) is 3.10. The number of nitrogens with two attached hydrogens (primary N) is 1. The minimum Gasteiger partial charge on any atom is -0.324 e. The van der Waals surface area contributed by atoms with Gasteiger partial charge >= 0.3 is 0 Å². The van der Waals surface area contributed by atoms with Crippen molar-refractivity contribution in [2.45, 2.75) is 26.3 Å². The maximum atomic E-state index is 6.02. The van der Waals surface area contributed by atoms with Gasteiger partial charge in [-0.05, 0) is 35.6 Å². The zero-order valence-electron chi connectivity index (χ0n) is 10.5. The molecule has 1 atom stereocenters. The SMILES string of the molecule is CCc1cccc(-c2ccccc2C(C)N)c1. The molecule has 0 amide bonds. The van der Waals surface area contributed by atoms with E-state index in [1.807, 2.05) is 13.0 Å². The van der Waals surface area contributed by atoms with Gasteiger partial charge in [-0.2, -0.15) is 0 Å². The van der Waals surface area contributed by atoms with Crippen LogP contribution in [0.1, 0.15) is 31.0 Å². The lowest BCUT2D eigenvalue weighted by atomic mass is 9.94. The fourth-order valence-electron chi connectivity index (χ4n) is 2.12. The predicted molar refractivity (Wildman–Crippen MR) is 73.9 cm³/mol. The first-order valence-corrected chi connectivity index (χ1v) is 6.16. The number of hydrogen-bond acceptors (Lipinski definition) is 1. The smallest absolute Gasteiger partial charge is 0.0272 e. The predicted octanol–water partition coefficient (Wildman–Crippen LogP) is 3.94. The van der Waals surface area contributed by atoms with Gasteiger partial charge in [0.05, 0.1) is 0 Å². The zero-order valence-corrected chi connectivity index (χ0v) is 10.5. The van der Waals surface area contributed by atoms with Crippen molar-refractivity contribution in [3.8, 4) is 11.1 Å². The van der Waals surface area contributed by atoms with E-state index in [4.69, 9.17) is 5.73 Å². The molecule has 0 aliphatic heterocycles. The Morgan fingerprint density at radius 1 is 1.06 bits per heavy atom. The average Bonchev–Trinajstić information content (AvgIpc) is 2.39. The van der Waals surface area contributed by atoms with E-state index < -0.39 is 0 Å². The summed E-state index contributed by atoms with van der Waals surface area (Å²) in [7, 11) is 0. The molecule has 0 aromatic heterocycles. The highest BCUT2D eigenvalue weighted by Gasteiger charge is 2.07. The van der Waals surface area contributed by atoms with Crippen LogP contribution in [-0.2, 0) is 6.42 Å². The Morgan fingerprint density at radius 2 is 1.82 bits per heavy atom. The Hall–Kier alpha value is -1.60. The molecular formula is C16H19N. The summed E-state index contributed by atoms with van der Waals surface area (Å²) in [6.45, 7) is 4.21. The lowest BCUT2D eigenvalue weighted by Crippen LogP contribution is -2.06. The van der Waals surface area contributed by atoms with Crippen molar-refractivity contribution in [3.05, 3.63) is 59.7 Å². The molecule has 1 heteroatoms. The van der Waals surface area contributed by atoms with Gasteiger partial charge in [0.2, 0.25) is 0 Å². The van der Waals surface area contributed by atoms with E-state index in [0.717, 1.165) is 6.42 Å². The molecule has 2 N–H and O–H groups in total. The van der Waals surface area contributed by atoms with Crippen LogP contribution in [0.2, 0.25) is 0 Å². The molecule has 0 saturated heterocycles. The molecule has 0 fully saturated rings. The lowest BCUT2D eigenvalue weighted by Gasteiger charge is -2.13. The highest BCUT2D eigenvalue weighted by molar-refractivity contribution is 5.68. The van der Waals surface area contributed by atoms with Crippen LogP contribution < -0.4 is 5.73 Å². The van der Waals surface area contributed by atoms with Crippen LogP contribution in [0.5, 0.6) is 0 Å². The fraction of sp³-hybridized carbons (Fsp3) is 0.250. The standard InChI is InChI=1S/C16H19N/c1-3-13-7-6-8-14(11-13)16-10-5-4-9-15(16)12(2)17/h4-12H,3,17H2,1-2H3. The second kappa shape index (κ2) is 5.15. The molecule has 0 spiro atoms. The maximum absolute atomic E-state index is 6.02. The molecule has 0 aliphatic carbocycles. The van der Waals surface area contributed by atoms with Crippen LogP contribution in [0.25, 0.3) is 11.1 Å².